The molecule has 1 aromatic heterocycles. The minimum atomic E-state index is -1.07. The van der Waals surface area contributed by atoms with Crippen LogP contribution in [0.2, 0.25) is 0 Å². The van der Waals surface area contributed by atoms with Crippen LogP contribution < -0.4 is 5.73 Å². The molecule has 1 atom stereocenters. The first-order chi connectivity index (χ1) is 8.06. The van der Waals surface area contributed by atoms with E-state index in [9.17, 15) is 4.21 Å². The number of nitrogens with zero attached hydrogens (tertiary/aromatic N) is 2. The molecular formula is C12H15N3OS. The summed E-state index contributed by atoms with van der Waals surface area (Å²) in [5, 5.41) is 4.22. The zero-order chi connectivity index (χ0) is 12.4. The van der Waals surface area contributed by atoms with Gasteiger partial charge in [-0.3, -0.25) is 8.89 Å². The van der Waals surface area contributed by atoms with Crippen LogP contribution in [0.15, 0.2) is 35.4 Å². The zero-order valence-electron chi connectivity index (χ0n) is 9.88. The first-order valence-corrected chi connectivity index (χ1v) is 6.61. The molecule has 0 saturated carbocycles. The molecule has 0 aliphatic rings. The van der Waals surface area contributed by atoms with Crippen LogP contribution in [0.4, 0.5) is 5.69 Å². The van der Waals surface area contributed by atoms with Gasteiger partial charge in [-0.15, -0.1) is 0 Å². The van der Waals surface area contributed by atoms with Crippen molar-refractivity contribution in [3.63, 3.8) is 0 Å². The predicted molar refractivity (Wildman–Crippen MR) is 68.9 cm³/mol. The third-order valence-corrected chi connectivity index (χ3v) is 3.89. The van der Waals surface area contributed by atoms with Crippen LogP contribution >= 0.6 is 0 Å². The normalized spacial score (nSPS) is 12.6. The summed E-state index contributed by atoms with van der Waals surface area (Å²) >= 11 is 0. The largest absolute Gasteiger partial charge is 0.399 e. The van der Waals surface area contributed by atoms with E-state index >= 15 is 0 Å². The Balaban J connectivity index is 2.17. The number of nitrogen functional groups attached to an aromatic ring is 1. The number of anilines is 1. The number of aromatic nitrogens is 2. The summed E-state index contributed by atoms with van der Waals surface area (Å²) < 4.78 is 13.8. The highest BCUT2D eigenvalue weighted by Gasteiger charge is 2.08. The smallest absolute Gasteiger partial charge is 0.0753 e. The summed E-state index contributed by atoms with van der Waals surface area (Å²) in [4.78, 5) is 0.794. The lowest BCUT2D eigenvalue weighted by molar-refractivity contribution is 0.680. The van der Waals surface area contributed by atoms with Crippen LogP contribution in [0.5, 0.6) is 0 Å². The van der Waals surface area contributed by atoms with Crippen molar-refractivity contribution in [2.45, 2.75) is 17.6 Å². The van der Waals surface area contributed by atoms with E-state index in [2.05, 4.69) is 5.10 Å². The SMILES string of the molecule is Cc1cc(S(=O)Cc2ccn(C)n2)ccc1N. The van der Waals surface area contributed by atoms with Crippen LogP contribution in [-0.2, 0) is 23.6 Å². The van der Waals surface area contributed by atoms with Crippen molar-refractivity contribution >= 4 is 16.5 Å². The topological polar surface area (TPSA) is 60.9 Å². The highest BCUT2D eigenvalue weighted by atomic mass is 32.2. The second-order valence-electron chi connectivity index (χ2n) is 3.99. The Labute approximate surface area is 103 Å². The minimum Gasteiger partial charge on any atom is -0.399 e. The van der Waals surface area contributed by atoms with E-state index in [1.807, 2.05) is 32.3 Å². The van der Waals surface area contributed by atoms with Crippen molar-refractivity contribution in [2.75, 3.05) is 5.73 Å². The number of benzene rings is 1. The fourth-order valence-corrected chi connectivity index (χ4v) is 2.66. The fraction of sp³-hybridized carbons (Fsp3) is 0.250. The number of nitrogens with two attached hydrogens (primary N) is 1. The average molecular weight is 249 g/mol. The van der Waals surface area contributed by atoms with Crippen LogP contribution in [0, 0.1) is 6.92 Å². The summed E-state index contributed by atoms with van der Waals surface area (Å²) in [5.74, 6) is 0.435. The molecule has 2 rings (SSSR count). The van der Waals surface area contributed by atoms with Crippen LogP contribution in [0.1, 0.15) is 11.3 Å². The summed E-state index contributed by atoms with van der Waals surface area (Å²) in [6.07, 6.45) is 1.85. The van der Waals surface area contributed by atoms with E-state index in [4.69, 9.17) is 5.73 Å². The Morgan fingerprint density at radius 2 is 2.18 bits per heavy atom. The molecule has 2 aromatic rings. The number of hydrogen-bond donors (Lipinski definition) is 1. The molecule has 0 saturated heterocycles. The average Bonchev–Trinajstić information content (AvgIpc) is 2.68. The van der Waals surface area contributed by atoms with Gasteiger partial charge in [-0.1, -0.05) is 0 Å². The molecule has 0 radical (unpaired) electrons. The molecule has 0 bridgehead atoms. The molecule has 1 aromatic carbocycles. The second-order valence-corrected chi connectivity index (χ2v) is 5.44. The molecule has 0 spiro atoms. The molecule has 1 heterocycles. The molecule has 4 nitrogen and oxygen atoms in total. The van der Waals surface area contributed by atoms with Gasteiger partial charge in [0, 0.05) is 23.8 Å². The number of hydrogen-bond acceptors (Lipinski definition) is 3. The molecule has 0 aliphatic heterocycles. The summed E-state index contributed by atoms with van der Waals surface area (Å²) in [6, 6.07) is 7.35. The van der Waals surface area contributed by atoms with Crippen molar-refractivity contribution in [1.82, 2.24) is 9.78 Å². The maximum absolute atomic E-state index is 12.1. The first-order valence-electron chi connectivity index (χ1n) is 5.29. The standard InChI is InChI=1S/C12H15N3OS/c1-9-7-11(3-4-12(9)13)17(16)8-10-5-6-15(2)14-10/h3-7H,8,13H2,1-2H3. The van der Waals surface area contributed by atoms with Gasteiger partial charge in [0.2, 0.25) is 0 Å². The molecule has 0 aliphatic carbocycles. The van der Waals surface area contributed by atoms with E-state index in [0.717, 1.165) is 21.8 Å². The van der Waals surface area contributed by atoms with Crippen molar-refractivity contribution in [2.24, 2.45) is 7.05 Å². The Bertz CT molecular complexity index is 563. The Morgan fingerprint density at radius 1 is 1.41 bits per heavy atom. The third-order valence-electron chi connectivity index (χ3n) is 2.55. The van der Waals surface area contributed by atoms with Gasteiger partial charge in [0.05, 0.1) is 22.2 Å². The molecule has 0 fully saturated rings. The number of aryl methyl sites for hydroxylation is 2. The van der Waals surface area contributed by atoms with Gasteiger partial charge < -0.3 is 5.73 Å². The van der Waals surface area contributed by atoms with Gasteiger partial charge in [-0.05, 0) is 36.8 Å². The van der Waals surface area contributed by atoms with Crippen molar-refractivity contribution in [3.8, 4) is 0 Å². The molecule has 17 heavy (non-hydrogen) atoms. The molecule has 5 heteroatoms. The fourth-order valence-electron chi connectivity index (χ4n) is 1.55. The molecule has 90 valence electrons. The third kappa shape index (κ3) is 2.74. The van der Waals surface area contributed by atoms with Crippen LogP contribution in [0.3, 0.4) is 0 Å². The van der Waals surface area contributed by atoms with Gasteiger partial charge >= 0.3 is 0 Å². The van der Waals surface area contributed by atoms with E-state index in [0.29, 0.717) is 5.75 Å². The zero-order valence-corrected chi connectivity index (χ0v) is 10.7. The van der Waals surface area contributed by atoms with Gasteiger partial charge in [-0.25, -0.2) is 0 Å². The Morgan fingerprint density at radius 3 is 2.76 bits per heavy atom. The van der Waals surface area contributed by atoms with E-state index < -0.39 is 10.8 Å². The maximum atomic E-state index is 12.1. The van der Waals surface area contributed by atoms with E-state index in [1.54, 1.807) is 16.8 Å². The highest BCUT2D eigenvalue weighted by Crippen LogP contribution is 2.17. The van der Waals surface area contributed by atoms with Crippen molar-refractivity contribution in [3.05, 3.63) is 41.7 Å². The number of rotatable bonds is 3. The van der Waals surface area contributed by atoms with Gasteiger partial charge in [0.15, 0.2) is 0 Å². The lowest BCUT2D eigenvalue weighted by atomic mass is 10.2. The lowest BCUT2D eigenvalue weighted by Crippen LogP contribution is -2.00. The summed E-state index contributed by atoms with van der Waals surface area (Å²) in [7, 11) is 0.776. The van der Waals surface area contributed by atoms with E-state index in [-0.39, 0.29) is 0 Å². The highest BCUT2D eigenvalue weighted by molar-refractivity contribution is 7.84. The van der Waals surface area contributed by atoms with Crippen molar-refractivity contribution < 1.29 is 4.21 Å². The Hall–Kier alpha value is -1.62. The Kier molecular flexibility index (Phi) is 3.28. The quantitative estimate of drug-likeness (QED) is 0.841. The molecule has 1 unspecified atom stereocenters. The summed E-state index contributed by atoms with van der Waals surface area (Å²) in [5.41, 5.74) is 8.24. The second kappa shape index (κ2) is 4.71. The lowest BCUT2D eigenvalue weighted by Gasteiger charge is -2.04. The molecule has 0 amide bonds. The van der Waals surface area contributed by atoms with Crippen molar-refractivity contribution in [1.29, 1.82) is 0 Å². The van der Waals surface area contributed by atoms with Gasteiger partial charge in [0.1, 0.15) is 0 Å². The first kappa shape index (κ1) is 11.9. The van der Waals surface area contributed by atoms with Gasteiger partial charge in [-0.2, -0.15) is 5.10 Å². The van der Waals surface area contributed by atoms with E-state index in [1.165, 1.54) is 0 Å². The maximum Gasteiger partial charge on any atom is 0.0753 e. The molecular weight excluding hydrogens is 234 g/mol. The van der Waals surface area contributed by atoms with Gasteiger partial charge in [0.25, 0.3) is 0 Å². The summed E-state index contributed by atoms with van der Waals surface area (Å²) in [6.45, 7) is 1.91. The molecule has 2 N–H and O–H groups in total. The monoisotopic (exact) mass is 249 g/mol. The predicted octanol–water partition coefficient (Wildman–Crippen LogP) is 1.62. The van der Waals surface area contributed by atoms with Crippen LogP contribution in [-0.4, -0.2) is 14.0 Å². The van der Waals surface area contributed by atoms with Crippen LogP contribution in [0.25, 0.3) is 0 Å². The minimum absolute atomic E-state index is 0.435.